The molecule has 0 radical (unpaired) electrons. The van der Waals surface area contributed by atoms with E-state index >= 15 is 0 Å². The fourth-order valence-corrected chi connectivity index (χ4v) is 4.05. The van der Waals surface area contributed by atoms with Gasteiger partial charge in [-0.05, 0) is 48.9 Å². The van der Waals surface area contributed by atoms with Gasteiger partial charge in [-0.3, -0.25) is 0 Å². The first kappa shape index (κ1) is 19.4. The molecule has 0 aliphatic carbocycles. The highest BCUT2D eigenvalue weighted by Gasteiger charge is 2.26. The number of benzene rings is 1. The standard InChI is InChI=1S/C16H26ClNO3S/c1-4-5-13(10-12(2)3)16(11-19)18-22(20,21)15-8-6-14(17)7-9-15/h6-9,12-13,16,18-19H,4-5,10-11H2,1-3H3/t13-,16-/m1/s1. The van der Waals surface area contributed by atoms with Crippen molar-refractivity contribution in [3.8, 4) is 0 Å². The summed E-state index contributed by atoms with van der Waals surface area (Å²) in [6.07, 6.45) is 2.71. The van der Waals surface area contributed by atoms with Crippen LogP contribution in [0, 0.1) is 11.8 Å². The van der Waals surface area contributed by atoms with Gasteiger partial charge in [0.15, 0.2) is 0 Å². The van der Waals surface area contributed by atoms with E-state index in [9.17, 15) is 13.5 Å². The number of halogens is 1. The van der Waals surface area contributed by atoms with Crippen molar-refractivity contribution in [3.63, 3.8) is 0 Å². The van der Waals surface area contributed by atoms with Crippen LogP contribution in [-0.2, 0) is 10.0 Å². The molecule has 0 aromatic heterocycles. The van der Waals surface area contributed by atoms with Crippen LogP contribution in [0.25, 0.3) is 0 Å². The lowest BCUT2D eigenvalue weighted by Crippen LogP contribution is -2.43. The van der Waals surface area contributed by atoms with E-state index in [-0.39, 0.29) is 17.4 Å². The zero-order chi connectivity index (χ0) is 16.8. The molecule has 1 aromatic carbocycles. The molecular formula is C16H26ClNO3S. The summed E-state index contributed by atoms with van der Waals surface area (Å²) in [5.74, 6) is 0.572. The van der Waals surface area contributed by atoms with E-state index in [1.54, 1.807) is 12.1 Å². The molecule has 6 heteroatoms. The minimum atomic E-state index is -3.66. The van der Waals surface area contributed by atoms with Crippen LogP contribution >= 0.6 is 11.6 Å². The van der Waals surface area contributed by atoms with Crippen LogP contribution in [0.1, 0.15) is 40.0 Å². The molecule has 0 aliphatic heterocycles. The van der Waals surface area contributed by atoms with Crippen molar-refractivity contribution in [2.75, 3.05) is 6.61 Å². The predicted octanol–water partition coefficient (Wildman–Crippen LogP) is 3.44. The SMILES string of the molecule is CCC[C@H](CC(C)C)[C@@H](CO)NS(=O)(=O)c1ccc(Cl)cc1. The van der Waals surface area contributed by atoms with Gasteiger partial charge in [-0.25, -0.2) is 13.1 Å². The summed E-state index contributed by atoms with van der Waals surface area (Å²) in [4.78, 5) is 0.162. The fourth-order valence-electron chi connectivity index (χ4n) is 2.62. The van der Waals surface area contributed by atoms with E-state index in [4.69, 9.17) is 11.6 Å². The molecule has 0 fully saturated rings. The number of sulfonamides is 1. The van der Waals surface area contributed by atoms with Crippen molar-refractivity contribution in [1.29, 1.82) is 0 Å². The summed E-state index contributed by atoms with van der Waals surface area (Å²) in [6.45, 7) is 6.06. The lowest BCUT2D eigenvalue weighted by atomic mass is 9.87. The highest BCUT2D eigenvalue weighted by atomic mass is 35.5. The quantitative estimate of drug-likeness (QED) is 0.719. The molecule has 2 N–H and O–H groups in total. The van der Waals surface area contributed by atoms with Crippen LogP contribution in [0.5, 0.6) is 0 Å². The third kappa shape index (κ3) is 5.88. The average Bonchev–Trinajstić information content (AvgIpc) is 2.44. The minimum absolute atomic E-state index is 0.122. The highest BCUT2D eigenvalue weighted by Crippen LogP contribution is 2.23. The topological polar surface area (TPSA) is 66.4 Å². The van der Waals surface area contributed by atoms with Crippen molar-refractivity contribution in [3.05, 3.63) is 29.3 Å². The summed E-state index contributed by atoms with van der Waals surface area (Å²) in [5.41, 5.74) is 0. The van der Waals surface area contributed by atoms with Gasteiger partial charge >= 0.3 is 0 Å². The summed E-state index contributed by atoms with van der Waals surface area (Å²) in [7, 11) is -3.66. The minimum Gasteiger partial charge on any atom is -0.395 e. The van der Waals surface area contributed by atoms with Gasteiger partial charge in [0.25, 0.3) is 0 Å². The number of aliphatic hydroxyl groups excluding tert-OH is 1. The van der Waals surface area contributed by atoms with Gasteiger partial charge in [-0.15, -0.1) is 0 Å². The normalized spacial score (nSPS) is 15.0. The molecule has 0 saturated heterocycles. The average molecular weight is 348 g/mol. The Morgan fingerprint density at radius 1 is 1.23 bits per heavy atom. The second-order valence-corrected chi connectivity index (χ2v) is 8.19. The number of hydrogen-bond acceptors (Lipinski definition) is 3. The zero-order valence-corrected chi connectivity index (χ0v) is 15.0. The third-order valence-corrected chi connectivity index (χ3v) is 5.39. The fraction of sp³-hybridized carbons (Fsp3) is 0.625. The van der Waals surface area contributed by atoms with Gasteiger partial charge in [0.1, 0.15) is 0 Å². The van der Waals surface area contributed by atoms with Crippen molar-refractivity contribution in [1.82, 2.24) is 4.72 Å². The predicted molar refractivity (Wildman–Crippen MR) is 90.5 cm³/mol. The number of aliphatic hydroxyl groups is 1. The Balaban J connectivity index is 2.92. The van der Waals surface area contributed by atoms with E-state index in [1.165, 1.54) is 12.1 Å². The third-order valence-electron chi connectivity index (χ3n) is 3.63. The maximum atomic E-state index is 12.4. The molecule has 0 bridgehead atoms. The van der Waals surface area contributed by atoms with E-state index in [0.29, 0.717) is 10.9 Å². The maximum absolute atomic E-state index is 12.4. The van der Waals surface area contributed by atoms with Crippen LogP contribution in [0.3, 0.4) is 0 Å². The smallest absolute Gasteiger partial charge is 0.240 e. The molecule has 0 aliphatic rings. The highest BCUT2D eigenvalue weighted by molar-refractivity contribution is 7.89. The monoisotopic (exact) mass is 347 g/mol. The molecule has 0 amide bonds. The number of nitrogens with one attached hydrogen (secondary N) is 1. The van der Waals surface area contributed by atoms with Gasteiger partial charge < -0.3 is 5.11 Å². The van der Waals surface area contributed by atoms with E-state index in [2.05, 4.69) is 25.5 Å². The molecule has 0 unspecified atom stereocenters. The van der Waals surface area contributed by atoms with Gasteiger partial charge in [0, 0.05) is 11.1 Å². The lowest BCUT2D eigenvalue weighted by Gasteiger charge is -2.27. The Hall–Kier alpha value is -0.620. The van der Waals surface area contributed by atoms with Crippen molar-refractivity contribution in [2.45, 2.75) is 51.0 Å². The molecule has 2 atom stereocenters. The lowest BCUT2D eigenvalue weighted by molar-refractivity contribution is 0.193. The summed E-state index contributed by atoms with van der Waals surface area (Å²) in [6, 6.07) is 5.55. The van der Waals surface area contributed by atoms with Crippen molar-refractivity contribution < 1.29 is 13.5 Å². The van der Waals surface area contributed by atoms with Crippen LogP contribution in [-0.4, -0.2) is 26.2 Å². The van der Waals surface area contributed by atoms with Crippen LogP contribution in [0.15, 0.2) is 29.2 Å². The number of hydrogen-bond donors (Lipinski definition) is 2. The van der Waals surface area contributed by atoms with Crippen LogP contribution in [0.4, 0.5) is 0 Å². The Labute approximate surface area is 138 Å². The van der Waals surface area contributed by atoms with Gasteiger partial charge in [0.2, 0.25) is 10.0 Å². The molecule has 1 rings (SSSR count). The molecule has 22 heavy (non-hydrogen) atoms. The largest absolute Gasteiger partial charge is 0.395 e. The van der Waals surface area contributed by atoms with Gasteiger partial charge in [0.05, 0.1) is 11.5 Å². The Morgan fingerprint density at radius 3 is 2.27 bits per heavy atom. The molecule has 0 spiro atoms. The van der Waals surface area contributed by atoms with Gasteiger partial charge in [-0.1, -0.05) is 38.8 Å². The molecule has 0 heterocycles. The maximum Gasteiger partial charge on any atom is 0.240 e. The molecule has 1 aromatic rings. The first-order valence-corrected chi connectivity index (χ1v) is 9.55. The molecule has 4 nitrogen and oxygen atoms in total. The number of rotatable bonds is 9. The second-order valence-electron chi connectivity index (χ2n) is 6.04. The first-order chi connectivity index (χ1) is 10.3. The zero-order valence-electron chi connectivity index (χ0n) is 13.4. The Bertz CT molecular complexity index is 543. The molecular weight excluding hydrogens is 322 g/mol. The van der Waals surface area contributed by atoms with E-state index < -0.39 is 16.1 Å². The molecule has 126 valence electrons. The Morgan fingerprint density at radius 2 is 1.82 bits per heavy atom. The first-order valence-electron chi connectivity index (χ1n) is 7.68. The summed E-state index contributed by atoms with van der Waals surface area (Å²) < 4.78 is 27.5. The summed E-state index contributed by atoms with van der Waals surface area (Å²) >= 11 is 5.79. The van der Waals surface area contributed by atoms with E-state index in [1.807, 2.05) is 0 Å². The van der Waals surface area contributed by atoms with Crippen LogP contribution in [0.2, 0.25) is 5.02 Å². The van der Waals surface area contributed by atoms with Gasteiger partial charge in [-0.2, -0.15) is 0 Å². The Kier molecular flexibility index (Phi) is 7.83. The van der Waals surface area contributed by atoms with E-state index in [0.717, 1.165) is 19.3 Å². The summed E-state index contributed by atoms with van der Waals surface area (Å²) in [5, 5.41) is 10.1. The van der Waals surface area contributed by atoms with Crippen LogP contribution < -0.4 is 4.72 Å². The molecule has 0 saturated carbocycles. The second kappa shape index (κ2) is 8.87. The van der Waals surface area contributed by atoms with Crippen molar-refractivity contribution >= 4 is 21.6 Å². The van der Waals surface area contributed by atoms with Crippen molar-refractivity contribution in [2.24, 2.45) is 11.8 Å².